The molecule has 0 bridgehead atoms. The minimum Gasteiger partial charge on any atom is -0.497 e. The average molecular weight is 217 g/mol. The Bertz CT molecular complexity index is 342. The molecule has 0 aliphatic rings. The maximum Gasteiger partial charge on any atom is 0.259 e. The smallest absolute Gasteiger partial charge is 0.259 e. The summed E-state index contributed by atoms with van der Waals surface area (Å²) in [5.41, 5.74) is 0.410. The highest BCUT2D eigenvalue weighted by Crippen LogP contribution is 2.28. The van der Waals surface area contributed by atoms with Crippen molar-refractivity contribution in [1.29, 1.82) is 0 Å². The van der Waals surface area contributed by atoms with Crippen LogP contribution in [0.2, 0.25) is 0 Å². The summed E-state index contributed by atoms with van der Waals surface area (Å²) in [6, 6.07) is 4.92. The molecule has 0 saturated carbocycles. The van der Waals surface area contributed by atoms with Crippen LogP contribution in [-0.2, 0) is 11.3 Å². The summed E-state index contributed by atoms with van der Waals surface area (Å²) in [5.74, 6) is 1.06. The van der Waals surface area contributed by atoms with Gasteiger partial charge in [-0.1, -0.05) is 0 Å². The first-order valence-electron chi connectivity index (χ1n) is 3.77. The van der Waals surface area contributed by atoms with Crippen molar-refractivity contribution in [3.63, 3.8) is 0 Å². The van der Waals surface area contributed by atoms with Crippen LogP contribution in [0.1, 0.15) is 0 Å². The van der Waals surface area contributed by atoms with E-state index in [1.165, 1.54) is 14.2 Å². The van der Waals surface area contributed by atoms with Gasteiger partial charge in [0.1, 0.15) is 11.5 Å². The number of hydrogen-bond donors (Lipinski definition) is 2. The summed E-state index contributed by atoms with van der Waals surface area (Å²) in [4.78, 5) is 0. The van der Waals surface area contributed by atoms with E-state index in [1.54, 1.807) is 18.2 Å². The third-order valence-corrected chi connectivity index (χ3v) is 2.00. The number of methoxy groups -OCH3 is 2. The minimum absolute atomic E-state index is 0.410. The van der Waals surface area contributed by atoms with Crippen molar-refractivity contribution in [2.75, 3.05) is 18.9 Å². The van der Waals surface area contributed by atoms with Gasteiger partial charge in [-0.15, -0.1) is 0 Å². The predicted octanol–water partition coefficient (Wildman–Crippen LogP) is 1.25. The van der Waals surface area contributed by atoms with Crippen LogP contribution in [0.15, 0.2) is 18.2 Å². The van der Waals surface area contributed by atoms with Gasteiger partial charge in [0.15, 0.2) is 0 Å². The first kappa shape index (κ1) is 10.8. The molecule has 6 heteroatoms. The number of benzene rings is 1. The van der Waals surface area contributed by atoms with Crippen LogP contribution in [0.3, 0.4) is 0 Å². The molecule has 1 rings (SSSR count). The zero-order valence-electron chi connectivity index (χ0n) is 7.81. The Morgan fingerprint density at radius 1 is 1.36 bits per heavy atom. The molecule has 14 heavy (non-hydrogen) atoms. The van der Waals surface area contributed by atoms with Crippen molar-refractivity contribution in [3.05, 3.63) is 18.2 Å². The van der Waals surface area contributed by atoms with Gasteiger partial charge in [-0.3, -0.25) is 9.27 Å². The van der Waals surface area contributed by atoms with E-state index in [2.05, 4.69) is 4.72 Å². The zero-order valence-corrected chi connectivity index (χ0v) is 8.63. The van der Waals surface area contributed by atoms with Crippen LogP contribution >= 0.6 is 0 Å². The molecule has 1 unspecified atom stereocenters. The highest BCUT2D eigenvalue weighted by molar-refractivity contribution is 7.80. The molecule has 0 aliphatic carbocycles. The normalized spacial score (nSPS) is 11.9. The second-order valence-corrected chi connectivity index (χ2v) is 3.12. The van der Waals surface area contributed by atoms with Crippen LogP contribution < -0.4 is 14.2 Å². The first-order chi connectivity index (χ1) is 6.67. The molecule has 78 valence electrons. The van der Waals surface area contributed by atoms with E-state index in [0.29, 0.717) is 17.2 Å². The molecule has 0 aromatic heterocycles. The van der Waals surface area contributed by atoms with Crippen LogP contribution in [0, 0.1) is 0 Å². The van der Waals surface area contributed by atoms with E-state index in [0.717, 1.165) is 0 Å². The van der Waals surface area contributed by atoms with E-state index in [-0.39, 0.29) is 0 Å². The lowest BCUT2D eigenvalue weighted by atomic mass is 10.3. The van der Waals surface area contributed by atoms with E-state index in [4.69, 9.17) is 14.0 Å². The summed E-state index contributed by atoms with van der Waals surface area (Å²) in [5, 5.41) is 0. The van der Waals surface area contributed by atoms with E-state index < -0.39 is 11.3 Å². The molecule has 5 nitrogen and oxygen atoms in total. The number of rotatable bonds is 4. The molecule has 1 atom stereocenters. The van der Waals surface area contributed by atoms with Crippen LogP contribution in [0.5, 0.6) is 11.5 Å². The second-order valence-electron chi connectivity index (χ2n) is 2.42. The molecule has 0 spiro atoms. The Morgan fingerprint density at radius 3 is 2.57 bits per heavy atom. The van der Waals surface area contributed by atoms with Gasteiger partial charge < -0.3 is 9.47 Å². The lowest BCUT2D eigenvalue weighted by Crippen LogP contribution is -2.03. The first-order valence-corrected chi connectivity index (χ1v) is 4.87. The van der Waals surface area contributed by atoms with E-state index >= 15 is 0 Å². The summed E-state index contributed by atoms with van der Waals surface area (Å²) >= 11 is -2.12. The summed E-state index contributed by atoms with van der Waals surface area (Å²) in [6.07, 6.45) is 0. The van der Waals surface area contributed by atoms with E-state index in [9.17, 15) is 4.21 Å². The molecule has 0 aliphatic heterocycles. The molecule has 0 fully saturated rings. The molecule has 1 aromatic carbocycles. The fourth-order valence-corrected chi connectivity index (χ4v) is 1.34. The number of nitrogens with one attached hydrogen (secondary N) is 1. The maximum absolute atomic E-state index is 10.5. The van der Waals surface area contributed by atoms with Crippen molar-refractivity contribution in [2.24, 2.45) is 0 Å². The summed E-state index contributed by atoms with van der Waals surface area (Å²) in [7, 11) is 2.99. The molecule has 2 N–H and O–H groups in total. The largest absolute Gasteiger partial charge is 0.497 e. The van der Waals surface area contributed by atoms with Crippen molar-refractivity contribution in [3.8, 4) is 11.5 Å². The zero-order chi connectivity index (χ0) is 10.6. The lowest BCUT2D eigenvalue weighted by Gasteiger charge is -2.09. The Balaban J connectivity index is 3.01. The van der Waals surface area contributed by atoms with Gasteiger partial charge in [0.25, 0.3) is 11.3 Å². The van der Waals surface area contributed by atoms with E-state index in [1.807, 2.05) is 0 Å². The van der Waals surface area contributed by atoms with Crippen LogP contribution in [-0.4, -0.2) is 23.0 Å². The minimum atomic E-state index is -2.12. The van der Waals surface area contributed by atoms with Gasteiger partial charge in [-0.2, -0.15) is 0 Å². The highest BCUT2D eigenvalue weighted by Gasteiger charge is 2.05. The highest BCUT2D eigenvalue weighted by atomic mass is 32.2. The number of ether oxygens (including phenoxy) is 2. The monoisotopic (exact) mass is 217 g/mol. The van der Waals surface area contributed by atoms with Gasteiger partial charge in [-0.05, 0) is 12.1 Å². The van der Waals surface area contributed by atoms with Gasteiger partial charge in [-0.25, -0.2) is 4.21 Å². The Kier molecular flexibility index (Phi) is 3.73. The molecule has 0 amide bonds. The third-order valence-electron chi connectivity index (χ3n) is 1.60. The van der Waals surface area contributed by atoms with Gasteiger partial charge in [0, 0.05) is 6.07 Å². The molecular formula is C8H11NO4S. The molecule has 0 radical (unpaired) electrons. The SMILES string of the molecule is COc1ccc(OC)c(NS(=O)O)c1. The van der Waals surface area contributed by atoms with Crippen molar-refractivity contribution in [2.45, 2.75) is 0 Å². The fraction of sp³-hybridized carbons (Fsp3) is 0.250. The Hall–Kier alpha value is -1.27. The third kappa shape index (κ3) is 2.61. The number of anilines is 1. The Morgan fingerprint density at radius 2 is 2.07 bits per heavy atom. The maximum atomic E-state index is 10.5. The second kappa shape index (κ2) is 4.83. The average Bonchev–Trinajstić information content (AvgIpc) is 2.16. The summed E-state index contributed by atoms with van der Waals surface area (Å²) < 4.78 is 31.5. The van der Waals surface area contributed by atoms with Crippen LogP contribution in [0.25, 0.3) is 0 Å². The summed E-state index contributed by atoms with van der Waals surface area (Å²) in [6.45, 7) is 0. The fourth-order valence-electron chi connectivity index (χ4n) is 0.988. The molecule has 0 saturated heterocycles. The predicted molar refractivity (Wildman–Crippen MR) is 53.9 cm³/mol. The number of hydrogen-bond acceptors (Lipinski definition) is 3. The van der Waals surface area contributed by atoms with Crippen molar-refractivity contribution in [1.82, 2.24) is 0 Å². The Labute approximate surface area is 84.5 Å². The standard InChI is InChI=1S/C8H11NO4S/c1-12-6-3-4-8(13-2)7(5-6)9-14(10)11/h3-5,9H,1-2H3,(H,10,11). The van der Waals surface area contributed by atoms with Gasteiger partial charge in [0.2, 0.25) is 0 Å². The molecule has 0 heterocycles. The molecule has 1 aromatic rings. The lowest BCUT2D eigenvalue weighted by molar-refractivity contribution is 0.405. The van der Waals surface area contributed by atoms with Crippen LogP contribution in [0.4, 0.5) is 5.69 Å². The van der Waals surface area contributed by atoms with Crippen molar-refractivity contribution < 1.29 is 18.2 Å². The topological polar surface area (TPSA) is 67.8 Å². The van der Waals surface area contributed by atoms with Crippen molar-refractivity contribution >= 4 is 17.0 Å². The van der Waals surface area contributed by atoms with Gasteiger partial charge >= 0.3 is 0 Å². The van der Waals surface area contributed by atoms with Gasteiger partial charge in [0.05, 0.1) is 19.9 Å². The molecular weight excluding hydrogens is 206 g/mol. The quantitative estimate of drug-likeness (QED) is 0.745.